The largest absolute Gasteiger partial charge is 0.418 e. The number of rotatable bonds is 5. The molecule has 0 atom stereocenters. The van der Waals surface area contributed by atoms with E-state index in [1.165, 1.54) is 6.07 Å². The molecule has 0 aliphatic rings. The van der Waals surface area contributed by atoms with Gasteiger partial charge in [0.15, 0.2) is 0 Å². The average molecular weight is 352 g/mol. The van der Waals surface area contributed by atoms with E-state index in [0.717, 1.165) is 16.7 Å². The van der Waals surface area contributed by atoms with Gasteiger partial charge in [0.1, 0.15) is 0 Å². The molecule has 0 amide bonds. The number of aryl methyl sites for hydroxylation is 1. The highest BCUT2D eigenvalue weighted by Crippen LogP contribution is 2.32. The van der Waals surface area contributed by atoms with Gasteiger partial charge in [-0.15, -0.1) is 0 Å². The first-order valence-corrected chi connectivity index (χ1v) is 7.67. The Labute approximate surface area is 139 Å². The van der Waals surface area contributed by atoms with Gasteiger partial charge in [-0.05, 0) is 25.0 Å². The van der Waals surface area contributed by atoms with Gasteiger partial charge in [0.05, 0.1) is 22.8 Å². The van der Waals surface area contributed by atoms with Crippen LogP contribution in [0.1, 0.15) is 18.4 Å². The van der Waals surface area contributed by atoms with Gasteiger partial charge in [0, 0.05) is 25.5 Å². The van der Waals surface area contributed by atoms with Crippen LogP contribution in [0.5, 0.6) is 0 Å². The zero-order chi connectivity index (χ0) is 18.0. The van der Waals surface area contributed by atoms with Crippen LogP contribution in [-0.4, -0.2) is 19.1 Å². The summed E-state index contributed by atoms with van der Waals surface area (Å²) >= 11 is 0. The minimum Gasteiger partial charge on any atom is -0.337 e. The van der Waals surface area contributed by atoms with Crippen molar-refractivity contribution in [3.05, 3.63) is 63.3 Å². The SMILES string of the molecule is O=c1[nH]c2c(C(F)(F)F)cccc2c(=O)n1CCCCn1ccnc1. The Morgan fingerprint density at radius 3 is 2.56 bits per heavy atom. The second-order valence-corrected chi connectivity index (χ2v) is 5.62. The molecule has 0 unspecified atom stereocenters. The molecule has 0 aliphatic carbocycles. The van der Waals surface area contributed by atoms with Crippen LogP contribution in [0.3, 0.4) is 0 Å². The molecule has 9 heteroatoms. The van der Waals surface area contributed by atoms with E-state index >= 15 is 0 Å². The Morgan fingerprint density at radius 1 is 1.12 bits per heavy atom. The smallest absolute Gasteiger partial charge is 0.337 e. The Hall–Kier alpha value is -2.84. The van der Waals surface area contributed by atoms with Gasteiger partial charge in [-0.25, -0.2) is 9.78 Å². The Balaban J connectivity index is 1.87. The number of hydrogen-bond acceptors (Lipinski definition) is 3. The first kappa shape index (κ1) is 17.0. The number of halogens is 3. The number of nitrogens with zero attached hydrogens (tertiary/aromatic N) is 3. The van der Waals surface area contributed by atoms with Crippen molar-refractivity contribution in [3.8, 4) is 0 Å². The van der Waals surface area contributed by atoms with E-state index in [-0.39, 0.29) is 11.9 Å². The number of alkyl halides is 3. The minimum atomic E-state index is -4.65. The highest BCUT2D eigenvalue weighted by molar-refractivity contribution is 5.81. The average Bonchev–Trinajstić information content (AvgIpc) is 3.06. The molecule has 1 aromatic carbocycles. The van der Waals surface area contributed by atoms with Gasteiger partial charge < -0.3 is 9.55 Å². The molecule has 0 saturated carbocycles. The molecule has 132 valence electrons. The summed E-state index contributed by atoms with van der Waals surface area (Å²) in [5.74, 6) is 0. The summed E-state index contributed by atoms with van der Waals surface area (Å²) < 4.78 is 41.9. The lowest BCUT2D eigenvalue weighted by atomic mass is 10.1. The molecule has 6 nitrogen and oxygen atoms in total. The number of nitrogens with one attached hydrogen (secondary N) is 1. The van der Waals surface area contributed by atoms with Crippen LogP contribution in [0.4, 0.5) is 13.2 Å². The molecular formula is C16H15F3N4O2. The fraction of sp³-hybridized carbons (Fsp3) is 0.312. The molecule has 0 radical (unpaired) electrons. The van der Waals surface area contributed by atoms with Crippen molar-refractivity contribution < 1.29 is 13.2 Å². The van der Waals surface area contributed by atoms with E-state index in [1.807, 2.05) is 4.57 Å². The summed E-state index contributed by atoms with van der Waals surface area (Å²) in [5, 5.41) is -0.149. The summed E-state index contributed by atoms with van der Waals surface area (Å²) in [4.78, 5) is 30.6. The fourth-order valence-electron chi connectivity index (χ4n) is 2.70. The second-order valence-electron chi connectivity index (χ2n) is 5.62. The molecule has 2 aromatic heterocycles. The summed E-state index contributed by atoms with van der Waals surface area (Å²) in [6.45, 7) is 0.813. The first-order valence-electron chi connectivity index (χ1n) is 7.67. The third-order valence-electron chi connectivity index (χ3n) is 3.93. The quantitative estimate of drug-likeness (QED) is 0.717. The fourth-order valence-corrected chi connectivity index (χ4v) is 2.70. The number of aromatic nitrogens is 4. The lowest BCUT2D eigenvalue weighted by Crippen LogP contribution is -2.35. The van der Waals surface area contributed by atoms with E-state index in [1.54, 1.807) is 18.7 Å². The number of unbranched alkanes of at least 4 members (excludes halogenated alkanes) is 1. The molecule has 0 fully saturated rings. The highest BCUT2D eigenvalue weighted by Gasteiger charge is 2.33. The predicted molar refractivity (Wildman–Crippen MR) is 85.3 cm³/mol. The van der Waals surface area contributed by atoms with Crippen LogP contribution in [0.2, 0.25) is 0 Å². The molecule has 2 heterocycles. The van der Waals surface area contributed by atoms with Crippen molar-refractivity contribution >= 4 is 10.9 Å². The normalized spacial score (nSPS) is 12.0. The summed E-state index contributed by atoms with van der Waals surface area (Å²) in [7, 11) is 0. The van der Waals surface area contributed by atoms with Gasteiger partial charge >= 0.3 is 11.9 Å². The van der Waals surface area contributed by atoms with Crippen LogP contribution < -0.4 is 11.2 Å². The summed E-state index contributed by atoms with van der Waals surface area (Å²) in [6, 6.07) is 3.28. The lowest BCUT2D eigenvalue weighted by molar-refractivity contribution is -0.136. The topological polar surface area (TPSA) is 72.7 Å². The van der Waals surface area contributed by atoms with Gasteiger partial charge in [-0.3, -0.25) is 9.36 Å². The zero-order valence-corrected chi connectivity index (χ0v) is 13.1. The lowest BCUT2D eigenvalue weighted by Gasteiger charge is -2.11. The van der Waals surface area contributed by atoms with E-state index in [2.05, 4.69) is 9.97 Å². The number of aromatic amines is 1. The van der Waals surface area contributed by atoms with E-state index < -0.39 is 28.5 Å². The Bertz CT molecular complexity index is 987. The van der Waals surface area contributed by atoms with Gasteiger partial charge in [0.25, 0.3) is 5.56 Å². The maximum absolute atomic E-state index is 13.0. The van der Waals surface area contributed by atoms with Crippen LogP contribution in [0.25, 0.3) is 10.9 Å². The maximum Gasteiger partial charge on any atom is 0.418 e. The van der Waals surface area contributed by atoms with Gasteiger partial charge in [-0.1, -0.05) is 6.07 Å². The molecule has 3 aromatic rings. The van der Waals surface area contributed by atoms with Crippen molar-refractivity contribution in [2.75, 3.05) is 0 Å². The van der Waals surface area contributed by atoms with E-state index in [0.29, 0.717) is 19.4 Å². The molecule has 0 aliphatic heterocycles. The summed E-state index contributed by atoms with van der Waals surface area (Å²) in [6.07, 6.45) is 1.69. The molecular weight excluding hydrogens is 337 g/mol. The maximum atomic E-state index is 13.0. The van der Waals surface area contributed by atoms with Crippen LogP contribution in [-0.2, 0) is 19.3 Å². The Kier molecular flexibility index (Phi) is 4.47. The van der Waals surface area contributed by atoms with Gasteiger partial charge in [-0.2, -0.15) is 13.2 Å². The molecule has 0 saturated heterocycles. The number of hydrogen-bond donors (Lipinski definition) is 1. The standard InChI is InChI=1S/C16H15F3N4O2/c17-16(18,19)12-5-3-4-11-13(12)21-15(25)23(14(11)24)8-2-1-7-22-9-6-20-10-22/h3-6,9-10H,1-2,7-8H2,(H,21,25). The monoisotopic (exact) mass is 352 g/mol. The van der Waals surface area contributed by atoms with E-state index in [4.69, 9.17) is 0 Å². The molecule has 0 spiro atoms. The van der Waals surface area contributed by atoms with Gasteiger partial charge in [0.2, 0.25) is 0 Å². The van der Waals surface area contributed by atoms with Crippen molar-refractivity contribution in [3.63, 3.8) is 0 Å². The van der Waals surface area contributed by atoms with Crippen molar-refractivity contribution in [2.45, 2.75) is 32.1 Å². The van der Waals surface area contributed by atoms with Crippen molar-refractivity contribution in [1.29, 1.82) is 0 Å². The molecule has 1 N–H and O–H groups in total. The highest BCUT2D eigenvalue weighted by atomic mass is 19.4. The molecule has 0 bridgehead atoms. The van der Waals surface area contributed by atoms with Crippen molar-refractivity contribution in [2.24, 2.45) is 0 Å². The number of para-hydroxylation sites is 1. The Morgan fingerprint density at radius 2 is 1.88 bits per heavy atom. The predicted octanol–water partition coefficient (Wildman–Crippen LogP) is 2.39. The van der Waals surface area contributed by atoms with Crippen molar-refractivity contribution in [1.82, 2.24) is 19.1 Å². The summed E-state index contributed by atoms with van der Waals surface area (Å²) in [5.41, 5.74) is -3.05. The van der Waals surface area contributed by atoms with Crippen LogP contribution in [0, 0.1) is 0 Å². The molecule has 25 heavy (non-hydrogen) atoms. The first-order chi connectivity index (χ1) is 11.9. The molecule has 3 rings (SSSR count). The third kappa shape index (κ3) is 3.49. The van der Waals surface area contributed by atoms with Crippen LogP contribution >= 0.6 is 0 Å². The number of fused-ring (bicyclic) bond motifs is 1. The van der Waals surface area contributed by atoms with E-state index in [9.17, 15) is 22.8 Å². The third-order valence-corrected chi connectivity index (χ3v) is 3.93. The second kappa shape index (κ2) is 6.58. The zero-order valence-electron chi connectivity index (χ0n) is 13.1. The number of benzene rings is 1. The minimum absolute atomic E-state index is 0.134. The number of imidazole rings is 1. The van der Waals surface area contributed by atoms with Crippen LogP contribution in [0.15, 0.2) is 46.5 Å². The number of H-pyrrole nitrogens is 1.